The van der Waals surface area contributed by atoms with Crippen molar-refractivity contribution in [3.63, 3.8) is 0 Å². The molecule has 0 saturated carbocycles. The zero-order valence-corrected chi connectivity index (χ0v) is 13.3. The topological polar surface area (TPSA) is 59.0 Å². The van der Waals surface area contributed by atoms with Crippen LogP contribution in [0.1, 0.15) is 46.0 Å². The van der Waals surface area contributed by atoms with Crippen molar-refractivity contribution in [3.05, 3.63) is 0 Å². The lowest BCUT2D eigenvalue weighted by molar-refractivity contribution is -0.139. The Morgan fingerprint density at radius 3 is 2.67 bits per heavy atom. The van der Waals surface area contributed by atoms with Crippen LogP contribution >= 0.6 is 0 Å². The molecule has 0 aromatic heterocycles. The largest absolute Gasteiger partial charge is 0.481 e. The number of piperidine rings is 1. The second-order valence-corrected chi connectivity index (χ2v) is 6.58. The van der Waals surface area contributed by atoms with Crippen molar-refractivity contribution in [1.82, 2.24) is 4.90 Å². The van der Waals surface area contributed by atoms with E-state index in [0.29, 0.717) is 24.7 Å². The fourth-order valence-corrected chi connectivity index (χ4v) is 3.33. The van der Waals surface area contributed by atoms with E-state index in [2.05, 4.69) is 18.7 Å². The average molecular weight is 299 g/mol. The fourth-order valence-electron chi connectivity index (χ4n) is 3.33. The smallest absolute Gasteiger partial charge is 0.305 e. The van der Waals surface area contributed by atoms with Gasteiger partial charge in [-0.1, -0.05) is 13.8 Å². The molecule has 2 aliphatic heterocycles. The second-order valence-electron chi connectivity index (χ2n) is 6.58. The van der Waals surface area contributed by atoms with Gasteiger partial charge in [0, 0.05) is 25.7 Å². The minimum atomic E-state index is -0.783. The van der Waals surface area contributed by atoms with Gasteiger partial charge in [-0.15, -0.1) is 0 Å². The van der Waals surface area contributed by atoms with Crippen molar-refractivity contribution in [2.45, 2.75) is 64.2 Å². The molecule has 2 heterocycles. The summed E-state index contributed by atoms with van der Waals surface area (Å²) in [5.74, 6) is -0.195. The van der Waals surface area contributed by atoms with Crippen LogP contribution in [0.3, 0.4) is 0 Å². The maximum absolute atomic E-state index is 10.5. The predicted molar refractivity (Wildman–Crippen MR) is 80.4 cm³/mol. The molecule has 1 N–H and O–H groups in total. The van der Waals surface area contributed by atoms with E-state index in [0.717, 1.165) is 45.4 Å². The first-order valence-corrected chi connectivity index (χ1v) is 8.25. The standard InChI is InChI=1S/C16H29NO4/c1-12(2)15-11-13(5-9-21-15)17-7-3-14(4-8-17)20-10-6-16(18)19/h12-15H,3-11H2,1-2H3,(H,18,19). The molecule has 2 unspecified atom stereocenters. The van der Waals surface area contributed by atoms with Gasteiger partial charge in [-0.3, -0.25) is 4.79 Å². The predicted octanol–water partition coefficient (Wildman–Crippen LogP) is 2.15. The highest BCUT2D eigenvalue weighted by Gasteiger charge is 2.31. The van der Waals surface area contributed by atoms with E-state index in [9.17, 15) is 4.79 Å². The van der Waals surface area contributed by atoms with Gasteiger partial charge in [-0.25, -0.2) is 0 Å². The molecule has 0 spiro atoms. The Bertz CT molecular complexity index is 326. The Kier molecular flexibility index (Phi) is 6.45. The number of nitrogens with zero attached hydrogens (tertiary/aromatic N) is 1. The van der Waals surface area contributed by atoms with Crippen molar-refractivity contribution < 1.29 is 19.4 Å². The summed E-state index contributed by atoms with van der Waals surface area (Å²) in [7, 11) is 0. The van der Waals surface area contributed by atoms with E-state index in [-0.39, 0.29) is 12.5 Å². The molecule has 0 aromatic carbocycles. The van der Waals surface area contributed by atoms with E-state index < -0.39 is 5.97 Å². The summed E-state index contributed by atoms with van der Waals surface area (Å²) in [5, 5.41) is 8.62. The second kappa shape index (κ2) is 8.11. The summed E-state index contributed by atoms with van der Waals surface area (Å²) in [6.07, 6.45) is 5.05. The Balaban J connectivity index is 1.69. The lowest BCUT2D eigenvalue weighted by atomic mass is 9.93. The van der Waals surface area contributed by atoms with Crippen molar-refractivity contribution in [3.8, 4) is 0 Å². The Morgan fingerprint density at radius 2 is 2.05 bits per heavy atom. The molecule has 2 aliphatic rings. The lowest BCUT2D eigenvalue weighted by Crippen LogP contribution is -2.48. The van der Waals surface area contributed by atoms with Crippen LogP contribution < -0.4 is 0 Å². The normalized spacial score (nSPS) is 28.9. The number of carboxylic acids is 1. The van der Waals surface area contributed by atoms with Crippen LogP contribution in [-0.4, -0.2) is 60.5 Å². The zero-order chi connectivity index (χ0) is 15.2. The van der Waals surface area contributed by atoms with E-state index >= 15 is 0 Å². The number of ether oxygens (including phenoxy) is 2. The monoisotopic (exact) mass is 299 g/mol. The minimum absolute atomic E-state index is 0.107. The van der Waals surface area contributed by atoms with Crippen LogP contribution in [0.25, 0.3) is 0 Å². The van der Waals surface area contributed by atoms with Gasteiger partial charge in [0.15, 0.2) is 0 Å². The molecule has 0 amide bonds. The molecule has 2 rings (SSSR count). The van der Waals surface area contributed by atoms with Gasteiger partial charge < -0.3 is 19.5 Å². The molecular weight excluding hydrogens is 270 g/mol. The number of carbonyl (C=O) groups is 1. The van der Waals surface area contributed by atoms with Gasteiger partial charge in [-0.2, -0.15) is 0 Å². The van der Waals surface area contributed by atoms with Crippen LogP contribution in [0.15, 0.2) is 0 Å². The Hall–Kier alpha value is -0.650. The highest BCUT2D eigenvalue weighted by atomic mass is 16.5. The van der Waals surface area contributed by atoms with Crippen LogP contribution in [0.4, 0.5) is 0 Å². The van der Waals surface area contributed by atoms with Gasteiger partial charge in [0.2, 0.25) is 0 Å². The molecule has 5 nitrogen and oxygen atoms in total. The summed E-state index contributed by atoms with van der Waals surface area (Å²) in [6, 6.07) is 0.645. The number of carboxylic acid groups (broad SMARTS) is 1. The molecule has 0 bridgehead atoms. The van der Waals surface area contributed by atoms with Crippen LogP contribution in [0.5, 0.6) is 0 Å². The van der Waals surface area contributed by atoms with E-state index in [1.54, 1.807) is 0 Å². The molecular formula is C16H29NO4. The maximum atomic E-state index is 10.5. The third-order valence-electron chi connectivity index (χ3n) is 4.69. The van der Waals surface area contributed by atoms with Crippen LogP contribution in [0.2, 0.25) is 0 Å². The zero-order valence-electron chi connectivity index (χ0n) is 13.3. The lowest BCUT2D eigenvalue weighted by Gasteiger charge is -2.42. The van der Waals surface area contributed by atoms with E-state index in [1.165, 1.54) is 0 Å². The molecule has 0 aliphatic carbocycles. The van der Waals surface area contributed by atoms with Gasteiger partial charge in [0.05, 0.1) is 25.2 Å². The van der Waals surface area contributed by atoms with Crippen LogP contribution in [-0.2, 0) is 14.3 Å². The van der Waals surface area contributed by atoms with Gasteiger partial charge in [0.25, 0.3) is 0 Å². The molecule has 0 radical (unpaired) electrons. The number of aliphatic carboxylic acids is 1. The van der Waals surface area contributed by atoms with E-state index in [1.807, 2.05) is 0 Å². The first-order chi connectivity index (χ1) is 10.1. The van der Waals surface area contributed by atoms with Crippen molar-refractivity contribution in [1.29, 1.82) is 0 Å². The number of rotatable bonds is 6. The molecule has 2 fully saturated rings. The summed E-state index contributed by atoms with van der Waals surface area (Å²) in [6.45, 7) is 7.81. The summed E-state index contributed by atoms with van der Waals surface area (Å²) in [4.78, 5) is 13.1. The van der Waals surface area contributed by atoms with Crippen molar-refractivity contribution in [2.24, 2.45) is 5.92 Å². The van der Waals surface area contributed by atoms with E-state index in [4.69, 9.17) is 14.6 Å². The minimum Gasteiger partial charge on any atom is -0.481 e. The Morgan fingerprint density at radius 1 is 1.33 bits per heavy atom. The number of hydrogen-bond acceptors (Lipinski definition) is 4. The summed E-state index contributed by atoms with van der Waals surface area (Å²) >= 11 is 0. The van der Waals surface area contributed by atoms with Crippen LogP contribution in [0, 0.1) is 5.92 Å². The average Bonchev–Trinajstić information content (AvgIpc) is 2.48. The van der Waals surface area contributed by atoms with Crippen molar-refractivity contribution >= 4 is 5.97 Å². The quantitative estimate of drug-likeness (QED) is 0.814. The molecule has 0 aromatic rings. The highest BCUT2D eigenvalue weighted by molar-refractivity contribution is 5.66. The fraction of sp³-hybridized carbons (Fsp3) is 0.938. The SMILES string of the molecule is CC(C)C1CC(N2CCC(OCCC(=O)O)CC2)CCO1. The summed E-state index contributed by atoms with van der Waals surface area (Å²) in [5.41, 5.74) is 0. The molecule has 122 valence electrons. The first-order valence-electron chi connectivity index (χ1n) is 8.25. The molecule has 2 atom stereocenters. The molecule has 5 heteroatoms. The maximum Gasteiger partial charge on any atom is 0.305 e. The summed E-state index contributed by atoms with van der Waals surface area (Å²) < 4.78 is 11.5. The molecule has 2 saturated heterocycles. The number of likely N-dealkylation sites (tertiary alicyclic amines) is 1. The first kappa shape index (κ1) is 16.7. The van der Waals surface area contributed by atoms with Gasteiger partial charge >= 0.3 is 5.97 Å². The third-order valence-corrected chi connectivity index (χ3v) is 4.69. The molecule has 21 heavy (non-hydrogen) atoms. The van der Waals surface area contributed by atoms with Gasteiger partial charge in [0.1, 0.15) is 0 Å². The Labute approximate surface area is 127 Å². The van der Waals surface area contributed by atoms with Gasteiger partial charge in [-0.05, 0) is 31.6 Å². The highest BCUT2D eigenvalue weighted by Crippen LogP contribution is 2.26. The van der Waals surface area contributed by atoms with Crippen molar-refractivity contribution in [2.75, 3.05) is 26.3 Å². The number of hydrogen-bond donors (Lipinski definition) is 1. The third kappa shape index (κ3) is 5.24.